The van der Waals surface area contributed by atoms with E-state index in [9.17, 15) is 0 Å². The predicted octanol–water partition coefficient (Wildman–Crippen LogP) is 0.588. The summed E-state index contributed by atoms with van der Waals surface area (Å²) in [7, 11) is 5.94. The molecule has 0 spiro atoms. The molecule has 1 aromatic heterocycles. The lowest BCUT2D eigenvalue weighted by molar-refractivity contribution is 0.549. The quantitative estimate of drug-likeness (QED) is 0.827. The van der Waals surface area contributed by atoms with E-state index in [4.69, 9.17) is 0 Å². The Balaban J connectivity index is 2.05. The zero-order valence-electron chi connectivity index (χ0n) is 10.8. The van der Waals surface area contributed by atoms with Crippen molar-refractivity contribution in [3.05, 3.63) is 12.3 Å². The molecule has 1 atom stereocenters. The summed E-state index contributed by atoms with van der Waals surface area (Å²) < 4.78 is 0. The van der Waals surface area contributed by atoms with Gasteiger partial charge in [-0.2, -0.15) is 4.98 Å². The Bertz CT molecular complexity index is 366. The molecule has 1 unspecified atom stereocenters. The third-order valence-corrected chi connectivity index (χ3v) is 3.13. The lowest BCUT2D eigenvalue weighted by Gasteiger charge is -2.19. The lowest BCUT2D eigenvalue weighted by atomic mass is 10.1. The van der Waals surface area contributed by atoms with Crippen molar-refractivity contribution in [1.29, 1.82) is 0 Å². The fraction of sp³-hybridized carbons (Fsp3) is 0.667. The van der Waals surface area contributed by atoms with Crippen molar-refractivity contribution >= 4 is 11.8 Å². The van der Waals surface area contributed by atoms with Gasteiger partial charge in [0.25, 0.3) is 0 Å². The van der Waals surface area contributed by atoms with Gasteiger partial charge >= 0.3 is 0 Å². The van der Waals surface area contributed by atoms with Gasteiger partial charge in [0.2, 0.25) is 5.95 Å². The van der Waals surface area contributed by atoms with Crippen LogP contribution in [-0.2, 0) is 0 Å². The van der Waals surface area contributed by atoms with Gasteiger partial charge in [-0.15, -0.1) is 0 Å². The van der Waals surface area contributed by atoms with Gasteiger partial charge in [-0.1, -0.05) is 0 Å². The second-order valence-corrected chi connectivity index (χ2v) is 4.77. The molecule has 1 aromatic rings. The number of nitrogens with zero attached hydrogens (tertiary/aromatic N) is 4. The molecule has 0 radical (unpaired) electrons. The summed E-state index contributed by atoms with van der Waals surface area (Å²) in [6.07, 6.45) is 3.07. The van der Waals surface area contributed by atoms with Gasteiger partial charge in [0.1, 0.15) is 5.82 Å². The van der Waals surface area contributed by atoms with E-state index < -0.39 is 0 Å². The van der Waals surface area contributed by atoms with Crippen LogP contribution in [0.4, 0.5) is 11.8 Å². The molecule has 2 heterocycles. The Hall–Kier alpha value is -1.36. The molecule has 1 saturated heterocycles. The maximum atomic E-state index is 4.57. The Morgan fingerprint density at radius 2 is 2.35 bits per heavy atom. The standard InChI is InChI=1S/C12H21N5/c1-13-8-10-5-7-17(9-10)11-4-6-14-12(15-11)16(2)3/h4,6,10,13H,5,7-9H2,1-3H3. The summed E-state index contributed by atoms with van der Waals surface area (Å²) in [5.74, 6) is 2.56. The first-order valence-electron chi connectivity index (χ1n) is 6.10. The van der Waals surface area contributed by atoms with Crippen molar-refractivity contribution in [2.24, 2.45) is 5.92 Å². The van der Waals surface area contributed by atoms with Crippen LogP contribution in [0.1, 0.15) is 6.42 Å². The molecule has 94 valence electrons. The average molecular weight is 235 g/mol. The van der Waals surface area contributed by atoms with Crippen molar-refractivity contribution in [2.75, 3.05) is 50.6 Å². The molecule has 1 aliphatic heterocycles. The van der Waals surface area contributed by atoms with Crippen LogP contribution in [0.5, 0.6) is 0 Å². The number of aromatic nitrogens is 2. The topological polar surface area (TPSA) is 44.3 Å². The zero-order chi connectivity index (χ0) is 12.3. The van der Waals surface area contributed by atoms with Gasteiger partial charge in [-0.05, 0) is 32.0 Å². The van der Waals surface area contributed by atoms with E-state index >= 15 is 0 Å². The van der Waals surface area contributed by atoms with Crippen molar-refractivity contribution < 1.29 is 0 Å². The third kappa shape index (κ3) is 2.85. The Kier molecular flexibility index (Phi) is 3.78. The summed E-state index contributed by atoms with van der Waals surface area (Å²) in [5.41, 5.74) is 0. The molecule has 0 amide bonds. The van der Waals surface area contributed by atoms with Gasteiger partial charge < -0.3 is 15.1 Å². The second kappa shape index (κ2) is 5.31. The fourth-order valence-electron chi connectivity index (χ4n) is 2.23. The fourth-order valence-corrected chi connectivity index (χ4v) is 2.23. The van der Waals surface area contributed by atoms with E-state index in [0.717, 1.165) is 37.3 Å². The maximum Gasteiger partial charge on any atom is 0.226 e. The molecule has 2 rings (SSSR count). The zero-order valence-corrected chi connectivity index (χ0v) is 10.8. The lowest BCUT2D eigenvalue weighted by Crippen LogP contribution is -2.25. The number of rotatable bonds is 4. The molecule has 0 aliphatic carbocycles. The molecule has 1 aliphatic rings. The van der Waals surface area contributed by atoms with Crippen LogP contribution in [0.15, 0.2) is 12.3 Å². The number of hydrogen-bond acceptors (Lipinski definition) is 5. The molecular formula is C12H21N5. The molecule has 17 heavy (non-hydrogen) atoms. The molecule has 0 saturated carbocycles. The Morgan fingerprint density at radius 3 is 3.06 bits per heavy atom. The highest BCUT2D eigenvalue weighted by Gasteiger charge is 2.23. The Labute approximate surface area is 103 Å². The van der Waals surface area contributed by atoms with Crippen molar-refractivity contribution in [2.45, 2.75) is 6.42 Å². The smallest absolute Gasteiger partial charge is 0.226 e. The van der Waals surface area contributed by atoms with Gasteiger partial charge in [0, 0.05) is 33.4 Å². The first-order valence-corrected chi connectivity index (χ1v) is 6.10. The maximum absolute atomic E-state index is 4.57. The minimum atomic E-state index is 0.734. The predicted molar refractivity (Wildman–Crippen MR) is 70.6 cm³/mol. The Morgan fingerprint density at radius 1 is 1.53 bits per heavy atom. The highest BCUT2D eigenvalue weighted by molar-refractivity contribution is 5.43. The largest absolute Gasteiger partial charge is 0.356 e. The number of nitrogens with one attached hydrogen (secondary N) is 1. The van der Waals surface area contributed by atoms with E-state index in [2.05, 4.69) is 20.2 Å². The first-order chi connectivity index (χ1) is 8.20. The minimum absolute atomic E-state index is 0.734. The summed E-state index contributed by atoms with van der Waals surface area (Å²) >= 11 is 0. The van der Waals surface area contributed by atoms with Gasteiger partial charge in [-0.25, -0.2) is 4.98 Å². The van der Waals surface area contributed by atoms with E-state index in [1.165, 1.54) is 6.42 Å². The van der Waals surface area contributed by atoms with Crippen LogP contribution in [0, 0.1) is 5.92 Å². The number of anilines is 2. The normalized spacial score (nSPS) is 19.7. The average Bonchev–Trinajstić information content (AvgIpc) is 2.78. The highest BCUT2D eigenvalue weighted by atomic mass is 15.3. The monoisotopic (exact) mass is 235 g/mol. The van der Waals surface area contributed by atoms with Crippen LogP contribution in [0.25, 0.3) is 0 Å². The SMILES string of the molecule is CNCC1CCN(c2ccnc(N(C)C)n2)C1. The van der Waals surface area contributed by atoms with Crippen LogP contribution in [0.3, 0.4) is 0 Å². The molecule has 1 fully saturated rings. The van der Waals surface area contributed by atoms with E-state index in [1.807, 2.05) is 38.3 Å². The van der Waals surface area contributed by atoms with Crippen molar-refractivity contribution in [3.8, 4) is 0 Å². The van der Waals surface area contributed by atoms with Crippen LogP contribution >= 0.6 is 0 Å². The van der Waals surface area contributed by atoms with E-state index in [-0.39, 0.29) is 0 Å². The molecule has 5 nitrogen and oxygen atoms in total. The molecule has 1 N–H and O–H groups in total. The molecule has 0 aromatic carbocycles. The van der Waals surface area contributed by atoms with Crippen LogP contribution < -0.4 is 15.1 Å². The second-order valence-electron chi connectivity index (χ2n) is 4.77. The molecule has 5 heteroatoms. The van der Waals surface area contributed by atoms with Crippen LogP contribution in [0.2, 0.25) is 0 Å². The van der Waals surface area contributed by atoms with Crippen LogP contribution in [-0.4, -0.2) is 50.7 Å². The molecule has 0 bridgehead atoms. The third-order valence-electron chi connectivity index (χ3n) is 3.13. The number of hydrogen-bond donors (Lipinski definition) is 1. The molecular weight excluding hydrogens is 214 g/mol. The summed E-state index contributed by atoms with van der Waals surface area (Å²) in [6, 6.07) is 1.99. The van der Waals surface area contributed by atoms with Crippen molar-refractivity contribution in [3.63, 3.8) is 0 Å². The first kappa shape index (κ1) is 12.1. The summed E-state index contributed by atoms with van der Waals surface area (Å²) in [6.45, 7) is 3.27. The van der Waals surface area contributed by atoms with E-state index in [1.54, 1.807) is 0 Å². The minimum Gasteiger partial charge on any atom is -0.356 e. The highest BCUT2D eigenvalue weighted by Crippen LogP contribution is 2.22. The van der Waals surface area contributed by atoms with Crippen molar-refractivity contribution in [1.82, 2.24) is 15.3 Å². The van der Waals surface area contributed by atoms with Gasteiger partial charge in [0.05, 0.1) is 0 Å². The summed E-state index contributed by atoms with van der Waals surface area (Å²) in [4.78, 5) is 13.1. The van der Waals surface area contributed by atoms with E-state index in [0.29, 0.717) is 0 Å². The van der Waals surface area contributed by atoms with Gasteiger partial charge in [-0.3, -0.25) is 0 Å². The van der Waals surface area contributed by atoms with Gasteiger partial charge in [0.15, 0.2) is 0 Å². The summed E-state index contributed by atoms with van der Waals surface area (Å²) in [5, 5.41) is 3.24.